The lowest BCUT2D eigenvalue weighted by Gasteiger charge is -2.12. The van der Waals surface area contributed by atoms with Gasteiger partial charge in [0.2, 0.25) is 5.95 Å². The van der Waals surface area contributed by atoms with Crippen LogP contribution >= 0.6 is 0 Å². The molecule has 10 aromatic rings. The molecular weight excluding hydrogens is 564 g/mol. The Morgan fingerprint density at radius 2 is 1.17 bits per heavy atom. The van der Waals surface area contributed by atoms with Crippen molar-refractivity contribution in [1.82, 2.24) is 19.5 Å². The van der Waals surface area contributed by atoms with E-state index >= 15 is 0 Å². The fourth-order valence-electron chi connectivity index (χ4n) is 6.94. The maximum atomic E-state index is 6.43. The molecular formula is C41H24N4O. The molecule has 5 heteroatoms. The summed E-state index contributed by atoms with van der Waals surface area (Å²) in [5, 5.41) is 8.96. The van der Waals surface area contributed by atoms with Gasteiger partial charge >= 0.3 is 0 Å². The van der Waals surface area contributed by atoms with Crippen LogP contribution in [0.15, 0.2) is 150 Å². The highest BCUT2D eigenvalue weighted by molar-refractivity contribution is 6.18. The van der Waals surface area contributed by atoms with Crippen LogP contribution in [0.25, 0.3) is 94.0 Å². The van der Waals surface area contributed by atoms with Gasteiger partial charge in [-0.3, -0.25) is 4.57 Å². The first-order valence-corrected chi connectivity index (χ1v) is 15.4. The molecule has 214 valence electrons. The first-order valence-electron chi connectivity index (χ1n) is 15.4. The van der Waals surface area contributed by atoms with Crippen molar-refractivity contribution in [2.75, 3.05) is 0 Å². The van der Waals surface area contributed by atoms with Gasteiger partial charge in [-0.15, -0.1) is 0 Å². The quantitative estimate of drug-likeness (QED) is 0.206. The fourth-order valence-corrected chi connectivity index (χ4v) is 6.94. The molecule has 0 aliphatic carbocycles. The molecule has 0 aliphatic heterocycles. The van der Waals surface area contributed by atoms with Gasteiger partial charge in [-0.05, 0) is 40.4 Å². The minimum atomic E-state index is 0.571. The highest BCUT2D eigenvalue weighted by atomic mass is 16.3. The van der Waals surface area contributed by atoms with Crippen LogP contribution in [-0.4, -0.2) is 19.5 Å². The van der Waals surface area contributed by atoms with E-state index in [9.17, 15) is 0 Å². The minimum absolute atomic E-state index is 0.571. The lowest BCUT2D eigenvalue weighted by molar-refractivity contribution is 0.669. The first-order chi connectivity index (χ1) is 22.8. The molecule has 0 aliphatic rings. The summed E-state index contributed by atoms with van der Waals surface area (Å²) in [5.74, 6) is 1.78. The summed E-state index contributed by atoms with van der Waals surface area (Å²) in [7, 11) is 0. The molecule has 0 spiro atoms. The fraction of sp³-hybridized carbons (Fsp3) is 0. The number of rotatable bonds is 3. The summed E-state index contributed by atoms with van der Waals surface area (Å²) < 4.78 is 8.63. The van der Waals surface area contributed by atoms with Gasteiger partial charge in [-0.1, -0.05) is 121 Å². The number of aromatic nitrogens is 4. The molecule has 7 aromatic carbocycles. The summed E-state index contributed by atoms with van der Waals surface area (Å²) in [6, 6.07) is 50.3. The number of furan rings is 1. The lowest BCUT2D eigenvalue weighted by Crippen LogP contribution is -2.06. The number of hydrogen-bond donors (Lipinski definition) is 0. The van der Waals surface area contributed by atoms with Crippen LogP contribution in [0.1, 0.15) is 0 Å². The number of hydrogen-bond acceptors (Lipinski definition) is 4. The van der Waals surface area contributed by atoms with E-state index < -0.39 is 0 Å². The molecule has 0 atom stereocenters. The Bertz CT molecular complexity index is 2810. The number of benzene rings is 7. The standard InChI is InChI=1S/C41H24N4O/c1-2-12-26(13-3-1)39-42-40(32-18-10-20-35-37(32)33-23-27-14-4-5-15-28(27)24-36(33)46-35)44-41(43-39)45-34-19-9-8-17-30(34)31-22-21-25-11-6-7-16-29(25)38(31)45/h1-24H. The van der Waals surface area contributed by atoms with Gasteiger partial charge in [0.05, 0.1) is 11.0 Å². The minimum Gasteiger partial charge on any atom is -0.456 e. The van der Waals surface area contributed by atoms with Crippen molar-refractivity contribution >= 4 is 65.3 Å². The SMILES string of the molecule is c1ccc(-c2nc(-c3cccc4oc5cc6ccccc6cc5c34)nc(-n3c4ccccc4c4ccc5ccccc5c43)n2)cc1. The van der Waals surface area contributed by atoms with E-state index in [0.717, 1.165) is 71.0 Å². The van der Waals surface area contributed by atoms with E-state index in [1.54, 1.807) is 0 Å². The predicted octanol–water partition coefficient (Wildman–Crippen LogP) is 10.5. The zero-order valence-corrected chi connectivity index (χ0v) is 24.6. The summed E-state index contributed by atoms with van der Waals surface area (Å²) in [6.45, 7) is 0. The summed E-state index contributed by atoms with van der Waals surface area (Å²) in [4.78, 5) is 15.6. The van der Waals surface area contributed by atoms with Crippen LogP contribution in [0, 0.1) is 0 Å². The van der Waals surface area contributed by atoms with Crippen LogP contribution in [-0.2, 0) is 0 Å². The van der Waals surface area contributed by atoms with Gasteiger partial charge in [-0.2, -0.15) is 9.97 Å². The van der Waals surface area contributed by atoms with Crippen LogP contribution in [0.5, 0.6) is 0 Å². The van der Waals surface area contributed by atoms with E-state index in [0.29, 0.717) is 17.6 Å². The molecule has 3 aromatic heterocycles. The zero-order chi connectivity index (χ0) is 30.2. The van der Waals surface area contributed by atoms with Crippen molar-refractivity contribution in [2.45, 2.75) is 0 Å². The van der Waals surface area contributed by atoms with E-state index in [2.05, 4.69) is 108 Å². The molecule has 0 saturated heterocycles. The van der Waals surface area contributed by atoms with Gasteiger partial charge in [-0.25, -0.2) is 4.98 Å². The molecule has 5 nitrogen and oxygen atoms in total. The Balaban J connectivity index is 1.33. The Labute approximate surface area is 263 Å². The highest BCUT2D eigenvalue weighted by Gasteiger charge is 2.21. The monoisotopic (exact) mass is 588 g/mol. The molecule has 0 N–H and O–H groups in total. The highest BCUT2D eigenvalue weighted by Crippen LogP contribution is 2.39. The third-order valence-corrected chi connectivity index (χ3v) is 9.02. The second-order valence-electron chi connectivity index (χ2n) is 11.7. The Morgan fingerprint density at radius 3 is 2.04 bits per heavy atom. The van der Waals surface area contributed by atoms with Crippen molar-refractivity contribution in [2.24, 2.45) is 0 Å². The molecule has 0 bridgehead atoms. The Kier molecular flexibility index (Phi) is 5.22. The molecule has 0 radical (unpaired) electrons. The summed E-state index contributed by atoms with van der Waals surface area (Å²) >= 11 is 0. The van der Waals surface area contributed by atoms with Gasteiger partial charge < -0.3 is 4.42 Å². The average molecular weight is 589 g/mol. The van der Waals surface area contributed by atoms with Gasteiger partial charge in [0, 0.05) is 38.1 Å². The van der Waals surface area contributed by atoms with Crippen molar-refractivity contribution in [3.8, 4) is 28.7 Å². The molecule has 0 saturated carbocycles. The first kappa shape index (κ1) is 25.0. The maximum absolute atomic E-state index is 6.43. The molecule has 0 unspecified atom stereocenters. The largest absolute Gasteiger partial charge is 0.456 e. The van der Waals surface area contributed by atoms with Gasteiger partial charge in [0.1, 0.15) is 11.2 Å². The van der Waals surface area contributed by atoms with E-state index in [-0.39, 0.29) is 0 Å². The van der Waals surface area contributed by atoms with Crippen LogP contribution in [0.4, 0.5) is 0 Å². The van der Waals surface area contributed by atoms with Crippen molar-refractivity contribution < 1.29 is 4.42 Å². The van der Waals surface area contributed by atoms with Gasteiger partial charge in [0.15, 0.2) is 11.6 Å². The van der Waals surface area contributed by atoms with E-state index in [1.807, 2.05) is 42.5 Å². The number of nitrogens with zero attached hydrogens (tertiary/aromatic N) is 4. The topological polar surface area (TPSA) is 56.7 Å². The molecule has 0 amide bonds. The normalized spacial score (nSPS) is 11.9. The predicted molar refractivity (Wildman–Crippen MR) is 187 cm³/mol. The average Bonchev–Trinajstić information content (AvgIpc) is 3.66. The van der Waals surface area contributed by atoms with E-state index in [4.69, 9.17) is 19.4 Å². The van der Waals surface area contributed by atoms with Crippen molar-refractivity contribution in [3.63, 3.8) is 0 Å². The van der Waals surface area contributed by atoms with Crippen LogP contribution < -0.4 is 0 Å². The lowest BCUT2D eigenvalue weighted by atomic mass is 10.0. The Hall–Kier alpha value is -6.33. The molecule has 0 fully saturated rings. The smallest absolute Gasteiger partial charge is 0.238 e. The molecule has 3 heterocycles. The van der Waals surface area contributed by atoms with Crippen molar-refractivity contribution in [3.05, 3.63) is 146 Å². The number of fused-ring (bicyclic) bond motifs is 9. The number of para-hydroxylation sites is 1. The Morgan fingerprint density at radius 1 is 0.457 bits per heavy atom. The molecule has 10 rings (SSSR count). The van der Waals surface area contributed by atoms with E-state index in [1.165, 1.54) is 5.39 Å². The summed E-state index contributed by atoms with van der Waals surface area (Å²) in [5.41, 5.74) is 5.59. The second-order valence-corrected chi connectivity index (χ2v) is 11.7. The zero-order valence-electron chi connectivity index (χ0n) is 24.6. The second kappa shape index (κ2) is 9.58. The van der Waals surface area contributed by atoms with Crippen LogP contribution in [0.2, 0.25) is 0 Å². The third-order valence-electron chi connectivity index (χ3n) is 9.02. The molecule has 46 heavy (non-hydrogen) atoms. The maximum Gasteiger partial charge on any atom is 0.238 e. The van der Waals surface area contributed by atoms with Gasteiger partial charge in [0.25, 0.3) is 0 Å². The summed E-state index contributed by atoms with van der Waals surface area (Å²) in [6.07, 6.45) is 0. The van der Waals surface area contributed by atoms with Crippen molar-refractivity contribution in [1.29, 1.82) is 0 Å². The third kappa shape index (κ3) is 3.66. The van der Waals surface area contributed by atoms with Crippen LogP contribution in [0.3, 0.4) is 0 Å².